The molecule has 0 bridgehead atoms. The molecule has 0 spiro atoms. The number of para-hydroxylation sites is 1. The smallest absolute Gasteiger partial charge is 0.413 e. The fourth-order valence-corrected chi connectivity index (χ4v) is 2.01. The van der Waals surface area contributed by atoms with Crippen LogP contribution in [0, 0.1) is 0 Å². The number of aliphatic hydroxyl groups excluding tert-OH is 1. The number of methoxy groups -OCH3 is 1. The molecule has 23 heavy (non-hydrogen) atoms. The number of amides is 1. The van der Waals surface area contributed by atoms with E-state index in [0.717, 1.165) is 7.11 Å². The van der Waals surface area contributed by atoms with Crippen LogP contribution in [-0.4, -0.2) is 30.4 Å². The second-order valence-corrected chi connectivity index (χ2v) is 4.70. The Morgan fingerprint density at radius 1 is 1.00 bits per heavy atom. The molecule has 2 unspecified atom stereocenters. The number of rotatable bonds is 5. The van der Waals surface area contributed by atoms with Crippen molar-refractivity contribution in [2.45, 2.75) is 12.1 Å². The summed E-state index contributed by atoms with van der Waals surface area (Å²) in [6.45, 7) is 0. The minimum absolute atomic E-state index is 0.351. The zero-order valence-corrected chi connectivity index (χ0v) is 12.5. The van der Waals surface area contributed by atoms with E-state index in [4.69, 9.17) is 4.74 Å². The average Bonchev–Trinajstić information content (AvgIpc) is 2.60. The van der Waals surface area contributed by atoms with E-state index in [1.54, 1.807) is 60.7 Å². The zero-order valence-electron chi connectivity index (χ0n) is 12.5. The Bertz CT molecular complexity index is 645. The highest BCUT2D eigenvalue weighted by molar-refractivity contribution is 5.78. The topological polar surface area (TPSA) is 84.9 Å². The van der Waals surface area contributed by atoms with Crippen LogP contribution in [0.4, 0.5) is 4.79 Å². The van der Waals surface area contributed by atoms with Gasteiger partial charge in [-0.25, -0.2) is 9.59 Å². The third-order valence-electron chi connectivity index (χ3n) is 3.14. The second kappa shape index (κ2) is 7.95. The maximum atomic E-state index is 12.0. The van der Waals surface area contributed by atoms with Crippen molar-refractivity contribution in [3.63, 3.8) is 0 Å². The highest BCUT2D eigenvalue weighted by Crippen LogP contribution is 2.18. The van der Waals surface area contributed by atoms with Crippen molar-refractivity contribution >= 4 is 12.1 Å². The third kappa shape index (κ3) is 4.55. The summed E-state index contributed by atoms with van der Waals surface area (Å²) in [4.78, 5) is 23.6. The Hall–Kier alpha value is -2.86. The van der Waals surface area contributed by atoms with Gasteiger partial charge in [-0.05, 0) is 17.7 Å². The molecule has 0 heterocycles. The lowest BCUT2D eigenvalue weighted by Crippen LogP contribution is -2.42. The van der Waals surface area contributed by atoms with Gasteiger partial charge in [0.2, 0.25) is 0 Å². The number of esters is 1. The van der Waals surface area contributed by atoms with Crippen molar-refractivity contribution in [2.75, 3.05) is 7.11 Å². The summed E-state index contributed by atoms with van der Waals surface area (Å²) in [5.41, 5.74) is 0.551. The van der Waals surface area contributed by atoms with Crippen LogP contribution >= 0.6 is 0 Å². The number of hydrogen-bond donors (Lipinski definition) is 2. The molecule has 0 aliphatic rings. The lowest BCUT2D eigenvalue weighted by molar-refractivity contribution is -0.152. The second-order valence-electron chi connectivity index (χ2n) is 4.70. The van der Waals surface area contributed by atoms with Crippen molar-refractivity contribution in [3.05, 3.63) is 66.2 Å². The third-order valence-corrected chi connectivity index (χ3v) is 3.14. The molecule has 0 radical (unpaired) electrons. The van der Waals surface area contributed by atoms with E-state index in [2.05, 4.69) is 10.1 Å². The van der Waals surface area contributed by atoms with Crippen molar-refractivity contribution in [2.24, 2.45) is 0 Å². The molecular weight excluding hydrogens is 298 g/mol. The summed E-state index contributed by atoms with van der Waals surface area (Å²) in [7, 11) is 1.16. The summed E-state index contributed by atoms with van der Waals surface area (Å²) in [6.07, 6.45) is -2.33. The molecule has 2 atom stereocenters. The molecule has 0 aliphatic carbocycles. The number of hydrogen-bond acceptors (Lipinski definition) is 5. The average molecular weight is 315 g/mol. The van der Waals surface area contributed by atoms with Crippen LogP contribution in [0.15, 0.2) is 60.7 Å². The Morgan fingerprint density at radius 3 is 2.13 bits per heavy atom. The first kappa shape index (κ1) is 16.5. The highest BCUT2D eigenvalue weighted by atomic mass is 16.6. The van der Waals surface area contributed by atoms with Crippen molar-refractivity contribution in [3.8, 4) is 5.75 Å². The van der Waals surface area contributed by atoms with Crippen LogP contribution < -0.4 is 10.1 Å². The molecule has 2 N–H and O–H groups in total. The van der Waals surface area contributed by atoms with Gasteiger partial charge in [-0.2, -0.15) is 0 Å². The maximum Gasteiger partial charge on any atom is 0.413 e. The Morgan fingerprint density at radius 2 is 1.57 bits per heavy atom. The summed E-state index contributed by atoms with van der Waals surface area (Å²) >= 11 is 0. The number of benzene rings is 2. The lowest BCUT2D eigenvalue weighted by Gasteiger charge is -2.22. The molecule has 2 aromatic carbocycles. The first-order valence-corrected chi connectivity index (χ1v) is 6.96. The van der Waals surface area contributed by atoms with Crippen LogP contribution in [0.3, 0.4) is 0 Å². The molecule has 2 rings (SSSR count). The Balaban J connectivity index is 2.14. The fraction of sp³-hybridized carbons (Fsp3) is 0.176. The maximum absolute atomic E-state index is 12.0. The van der Waals surface area contributed by atoms with E-state index in [1.165, 1.54) is 0 Å². The first-order valence-electron chi connectivity index (χ1n) is 6.96. The Kier molecular flexibility index (Phi) is 5.71. The largest absolute Gasteiger partial charge is 0.467 e. The number of aliphatic hydroxyl groups is 1. The van der Waals surface area contributed by atoms with Gasteiger partial charge in [-0.1, -0.05) is 48.5 Å². The van der Waals surface area contributed by atoms with Gasteiger partial charge in [-0.15, -0.1) is 0 Å². The molecule has 6 heteroatoms. The summed E-state index contributed by atoms with van der Waals surface area (Å²) in [5, 5.41) is 12.6. The van der Waals surface area contributed by atoms with E-state index in [1.807, 2.05) is 0 Å². The van der Waals surface area contributed by atoms with Gasteiger partial charge in [0.15, 0.2) is 6.10 Å². The van der Waals surface area contributed by atoms with Crippen LogP contribution in [0.5, 0.6) is 5.75 Å². The lowest BCUT2D eigenvalue weighted by atomic mass is 10.0. The molecule has 0 aromatic heterocycles. The molecule has 0 saturated carbocycles. The predicted molar refractivity (Wildman–Crippen MR) is 82.8 cm³/mol. The first-order chi connectivity index (χ1) is 11.1. The van der Waals surface area contributed by atoms with Crippen LogP contribution in [0.1, 0.15) is 11.6 Å². The van der Waals surface area contributed by atoms with Crippen molar-refractivity contribution in [1.82, 2.24) is 5.32 Å². The normalized spacial score (nSPS) is 12.8. The number of carbonyl (C=O) groups is 2. The van der Waals surface area contributed by atoms with Crippen molar-refractivity contribution in [1.29, 1.82) is 0 Å². The molecule has 0 saturated heterocycles. The summed E-state index contributed by atoms with van der Waals surface area (Å²) < 4.78 is 9.65. The minimum atomic E-state index is -1.55. The number of ether oxygens (including phenoxy) is 2. The van der Waals surface area contributed by atoms with Crippen LogP contribution in [0.2, 0.25) is 0 Å². The predicted octanol–water partition coefficient (Wildman–Crippen LogP) is 2.05. The van der Waals surface area contributed by atoms with Gasteiger partial charge in [-0.3, -0.25) is 0 Å². The summed E-state index contributed by atoms with van der Waals surface area (Å²) in [6, 6.07) is 16.1. The SMILES string of the molecule is COC(=O)C(O)C(NC(=O)Oc1ccccc1)c1ccccc1. The van der Waals surface area contributed by atoms with Gasteiger partial charge in [0.1, 0.15) is 5.75 Å². The molecule has 0 fully saturated rings. The fourth-order valence-electron chi connectivity index (χ4n) is 2.01. The number of carbonyl (C=O) groups excluding carboxylic acids is 2. The molecule has 2 aromatic rings. The monoisotopic (exact) mass is 315 g/mol. The number of nitrogens with one attached hydrogen (secondary N) is 1. The molecular formula is C17H17NO5. The zero-order chi connectivity index (χ0) is 16.7. The van der Waals surface area contributed by atoms with Gasteiger partial charge in [0, 0.05) is 0 Å². The van der Waals surface area contributed by atoms with Gasteiger partial charge >= 0.3 is 12.1 Å². The molecule has 120 valence electrons. The van der Waals surface area contributed by atoms with E-state index in [9.17, 15) is 14.7 Å². The van der Waals surface area contributed by atoms with Gasteiger partial charge in [0.25, 0.3) is 0 Å². The van der Waals surface area contributed by atoms with E-state index < -0.39 is 24.2 Å². The minimum Gasteiger partial charge on any atom is -0.467 e. The van der Waals surface area contributed by atoms with Crippen LogP contribution in [0.25, 0.3) is 0 Å². The molecule has 1 amide bonds. The van der Waals surface area contributed by atoms with E-state index in [-0.39, 0.29) is 0 Å². The van der Waals surface area contributed by atoms with E-state index >= 15 is 0 Å². The van der Waals surface area contributed by atoms with Crippen molar-refractivity contribution < 1.29 is 24.2 Å². The molecule has 0 aliphatic heterocycles. The molecule has 6 nitrogen and oxygen atoms in total. The quantitative estimate of drug-likeness (QED) is 0.825. The van der Waals surface area contributed by atoms with Gasteiger partial charge < -0.3 is 19.9 Å². The van der Waals surface area contributed by atoms with Crippen LogP contribution in [-0.2, 0) is 9.53 Å². The van der Waals surface area contributed by atoms with Gasteiger partial charge in [0.05, 0.1) is 13.2 Å². The van der Waals surface area contributed by atoms with E-state index in [0.29, 0.717) is 11.3 Å². The summed E-state index contributed by atoms with van der Waals surface area (Å²) in [5.74, 6) is -0.497. The standard InChI is InChI=1S/C17H17NO5/c1-22-16(20)15(19)14(12-8-4-2-5-9-12)18-17(21)23-13-10-6-3-7-11-13/h2-11,14-15,19H,1H3,(H,18,21). The Labute approximate surface area is 133 Å². The highest BCUT2D eigenvalue weighted by Gasteiger charge is 2.30.